The van der Waals surface area contributed by atoms with Crippen LogP contribution in [0.25, 0.3) is 0 Å². The number of hydrogen-bond acceptors (Lipinski definition) is 4. The minimum Gasteiger partial charge on any atom is -0.506 e. The molecule has 4 N–H and O–H groups in total. The first kappa shape index (κ1) is 14.2. The Bertz CT molecular complexity index is 401. The molecule has 1 aromatic rings. The van der Waals surface area contributed by atoms with Crippen LogP contribution in [0.5, 0.6) is 5.75 Å². The number of anilines is 1. The Kier molecular flexibility index (Phi) is 5.61. The van der Waals surface area contributed by atoms with Crippen molar-refractivity contribution in [3.63, 3.8) is 0 Å². The zero-order valence-corrected chi connectivity index (χ0v) is 11.0. The second-order valence-electron chi connectivity index (χ2n) is 3.54. The molecule has 0 aliphatic heterocycles. The minimum atomic E-state index is -0.532. The average molecular weight is 275 g/mol. The highest BCUT2D eigenvalue weighted by atomic mass is 35.5. The summed E-state index contributed by atoms with van der Waals surface area (Å²) >= 11 is 7.37. The van der Waals surface area contributed by atoms with Crippen molar-refractivity contribution in [2.75, 3.05) is 17.3 Å². The summed E-state index contributed by atoms with van der Waals surface area (Å²) < 4.78 is 0. The predicted molar refractivity (Wildman–Crippen MR) is 72.7 cm³/mol. The van der Waals surface area contributed by atoms with E-state index in [4.69, 9.17) is 17.3 Å². The van der Waals surface area contributed by atoms with Gasteiger partial charge in [-0.2, -0.15) is 11.8 Å². The highest BCUT2D eigenvalue weighted by Crippen LogP contribution is 2.26. The SMILES string of the molecule is CSCC[C@@H](N)C(=O)Nc1ccc(O)c(Cl)c1. The highest BCUT2D eigenvalue weighted by molar-refractivity contribution is 7.98. The number of nitrogens with two attached hydrogens (primary N) is 1. The number of thioether (sulfide) groups is 1. The molecule has 0 spiro atoms. The van der Waals surface area contributed by atoms with Crippen LogP contribution in [0.15, 0.2) is 18.2 Å². The van der Waals surface area contributed by atoms with Gasteiger partial charge < -0.3 is 16.2 Å². The molecule has 0 heterocycles. The summed E-state index contributed by atoms with van der Waals surface area (Å²) in [5, 5.41) is 12.1. The van der Waals surface area contributed by atoms with Crippen LogP contribution in [0.1, 0.15) is 6.42 Å². The molecule has 0 bridgehead atoms. The molecule has 0 aliphatic carbocycles. The standard InChI is InChI=1S/C11H15ClN2O2S/c1-17-5-4-9(13)11(16)14-7-2-3-10(15)8(12)6-7/h2-3,6,9,15H,4-5,13H2,1H3,(H,14,16)/t9-/m1/s1. The van der Waals surface area contributed by atoms with Crippen molar-refractivity contribution in [1.82, 2.24) is 0 Å². The molecule has 0 fully saturated rings. The van der Waals surface area contributed by atoms with Gasteiger partial charge in [0.05, 0.1) is 11.1 Å². The van der Waals surface area contributed by atoms with Crippen LogP contribution in [-0.4, -0.2) is 29.1 Å². The monoisotopic (exact) mass is 274 g/mol. The summed E-state index contributed by atoms with van der Waals surface area (Å²) in [6.07, 6.45) is 2.59. The van der Waals surface area contributed by atoms with Crippen molar-refractivity contribution >= 4 is 35.0 Å². The number of halogens is 1. The zero-order chi connectivity index (χ0) is 12.8. The molecule has 0 unspecified atom stereocenters. The molecule has 0 saturated carbocycles. The smallest absolute Gasteiger partial charge is 0.241 e. The number of carbonyl (C=O) groups is 1. The lowest BCUT2D eigenvalue weighted by Crippen LogP contribution is -2.36. The molecule has 1 rings (SSSR count). The fourth-order valence-electron chi connectivity index (χ4n) is 1.20. The largest absolute Gasteiger partial charge is 0.506 e. The van der Waals surface area contributed by atoms with Gasteiger partial charge in [-0.05, 0) is 36.6 Å². The fourth-order valence-corrected chi connectivity index (χ4v) is 1.87. The molecular formula is C11H15ClN2O2S. The third-order valence-electron chi connectivity index (χ3n) is 2.18. The van der Waals surface area contributed by atoms with Gasteiger partial charge in [-0.15, -0.1) is 0 Å². The second-order valence-corrected chi connectivity index (χ2v) is 4.94. The van der Waals surface area contributed by atoms with Crippen LogP contribution in [0.4, 0.5) is 5.69 Å². The lowest BCUT2D eigenvalue weighted by molar-refractivity contribution is -0.117. The molecule has 1 aromatic carbocycles. The van der Waals surface area contributed by atoms with Gasteiger partial charge in [0.2, 0.25) is 5.91 Å². The van der Waals surface area contributed by atoms with Crippen LogP contribution in [0.2, 0.25) is 5.02 Å². The van der Waals surface area contributed by atoms with Crippen molar-refractivity contribution in [2.45, 2.75) is 12.5 Å². The first-order chi connectivity index (χ1) is 8.04. The fraction of sp³-hybridized carbons (Fsp3) is 0.364. The molecule has 0 aromatic heterocycles. The van der Waals surface area contributed by atoms with E-state index in [1.165, 1.54) is 12.1 Å². The van der Waals surface area contributed by atoms with Crippen LogP contribution in [0.3, 0.4) is 0 Å². The first-order valence-corrected chi connectivity index (χ1v) is 6.85. The Morgan fingerprint density at radius 1 is 1.65 bits per heavy atom. The maximum Gasteiger partial charge on any atom is 0.241 e. The van der Waals surface area contributed by atoms with Gasteiger partial charge in [0.25, 0.3) is 0 Å². The lowest BCUT2D eigenvalue weighted by atomic mass is 10.2. The molecule has 17 heavy (non-hydrogen) atoms. The third-order valence-corrected chi connectivity index (χ3v) is 3.13. The van der Waals surface area contributed by atoms with Crippen molar-refractivity contribution in [3.05, 3.63) is 23.2 Å². The molecule has 94 valence electrons. The quantitative estimate of drug-likeness (QED) is 0.719. The average Bonchev–Trinajstić information content (AvgIpc) is 2.30. The number of carbonyl (C=O) groups excluding carboxylic acids is 1. The summed E-state index contributed by atoms with van der Waals surface area (Å²) in [4.78, 5) is 11.7. The van der Waals surface area contributed by atoms with Gasteiger partial charge in [0.1, 0.15) is 5.75 Å². The van der Waals surface area contributed by atoms with Gasteiger partial charge in [-0.1, -0.05) is 11.6 Å². The maximum atomic E-state index is 11.7. The second kappa shape index (κ2) is 6.74. The van der Waals surface area contributed by atoms with Gasteiger partial charge in [-0.3, -0.25) is 4.79 Å². The number of rotatable bonds is 5. The summed E-state index contributed by atoms with van der Waals surface area (Å²) in [6, 6.07) is 3.94. The lowest BCUT2D eigenvalue weighted by Gasteiger charge is -2.11. The Morgan fingerprint density at radius 2 is 2.35 bits per heavy atom. The summed E-state index contributed by atoms with van der Waals surface area (Å²) in [5.41, 5.74) is 6.24. The number of phenolic OH excluding ortho intramolecular Hbond substituents is 1. The number of nitrogens with one attached hydrogen (secondary N) is 1. The summed E-state index contributed by atoms with van der Waals surface area (Å²) in [7, 11) is 0. The Morgan fingerprint density at radius 3 is 2.94 bits per heavy atom. The van der Waals surface area contributed by atoms with Crippen LogP contribution < -0.4 is 11.1 Å². The minimum absolute atomic E-state index is 0.0173. The predicted octanol–water partition coefficient (Wildman–Crippen LogP) is 2.06. The van der Waals surface area contributed by atoms with Crippen molar-refractivity contribution < 1.29 is 9.90 Å². The van der Waals surface area contributed by atoms with Crippen molar-refractivity contribution in [1.29, 1.82) is 0 Å². The zero-order valence-electron chi connectivity index (χ0n) is 9.44. The number of phenols is 1. The number of benzene rings is 1. The van der Waals surface area contributed by atoms with Crippen LogP contribution in [0, 0.1) is 0 Å². The Hall–Kier alpha value is -0.910. The highest BCUT2D eigenvalue weighted by Gasteiger charge is 2.13. The molecule has 4 nitrogen and oxygen atoms in total. The maximum absolute atomic E-state index is 11.7. The molecule has 6 heteroatoms. The number of hydrogen-bond donors (Lipinski definition) is 3. The van der Waals surface area contributed by atoms with Crippen LogP contribution in [-0.2, 0) is 4.79 Å². The molecule has 0 saturated heterocycles. The molecule has 1 amide bonds. The van der Waals surface area contributed by atoms with Crippen LogP contribution >= 0.6 is 23.4 Å². The van der Waals surface area contributed by atoms with E-state index in [9.17, 15) is 9.90 Å². The van der Waals surface area contributed by atoms with E-state index in [0.29, 0.717) is 12.1 Å². The third kappa shape index (κ3) is 4.46. The van der Waals surface area contributed by atoms with Gasteiger partial charge in [0.15, 0.2) is 0 Å². The Balaban J connectivity index is 2.58. The normalized spacial score (nSPS) is 12.2. The molecular weight excluding hydrogens is 260 g/mol. The van der Waals surface area contributed by atoms with Gasteiger partial charge >= 0.3 is 0 Å². The molecule has 1 atom stereocenters. The van der Waals surface area contributed by atoms with E-state index in [-0.39, 0.29) is 16.7 Å². The van der Waals surface area contributed by atoms with Crippen molar-refractivity contribution in [3.8, 4) is 5.75 Å². The summed E-state index contributed by atoms with van der Waals surface area (Å²) in [6.45, 7) is 0. The van der Waals surface area contributed by atoms with Gasteiger partial charge in [0, 0.05) is 5.69 Å². The van der Waals surface area contributed by atoms with E-state index in [0.717, 1.165) is 5.75 Å². The number of aromatic hydroxyl groups is 1. The topological polar surface area (TPSA) is 75.4 Å². The van der Waals surface area contributed by atoms with E-state index in [1.807, 2.05) is 6.26 Å². The Labute approximate surface area is 110 Å². The van der Waals surface area contributed by atoms with E-state index >= 15 is 0 Å². The van der Waals surface area contributed by atoms with Gasteiger partial charge in [-0.25, -0.2) is 0 Å². The van der Waals surface area contributed by atoms with E-state index in [1.54, 1.807) is 17.8 Å². The summed E-state index contributed by atoms with van der Waals surface area (Å²) in [5.74, 6) is 0.572. The molecule has 0 radical (unpaired) electrons. The van der Waals surface area contributed by atoms with E-state index < -0.39 is 6.04 Å². The molecule has 0 aliphatic rings. The number of amides is 1. The first-order valence-electron chi connectivity index (χ1n) is 5.08. The van der Waals surface area contributed by atoms with Crippen molar-refractivity contribution in [2.24, 2.45) is 5.73 Å². The van der Waals surface area contributed by atoms with E-state index in [2.05, 4.69) is 5.32 Å².